The van der Waals surface area contributed by atoms with Crippen LogP contribution >= 0.6 is 27.5 Å². The number of amides is 4. The number of aryl methyl sites for hydroxylation is 3. The number of carbonyl (C=O) groups is 3. The molecular weight excluding hydrogens is 560 g/mol. The van der Waals surface area contributed by atoms with Gasteiger partial charge in [0.2, 0.25) is 0 Å². The largest absolute Gasteiger partial charge is 0.493 e. The van der Waals surface area contributed by atoms with Gasteiger partial charge in [0.1, 0.15) is 12.2 Å². The quantitative estimate of drug-likeness (QED) is 0.273. The summed E-state index contributed by atoms with van der Waals surface area (Å²) in [6.07, 6.45) is 1.40. The van der Waals surface area contributed by atoms with Crippen molar-refractivity contribution in [3.8, 4) is 11.5 Å². The Morgan fingerprint density at radius 2 is 1.70 bits per heavy atom. The Balaban J connectivity index is 1.65. The zero-order valence-corrected chi connectivity index (χ0v) is 23.0. The second-order valence-corrected chi connectivity index (χ2v) is 9.97. The first-order valence-electron chi connectivity index (χ1n) is 11.3. The molecule has 7 nitrogen and oxygen atoms in total. The lowest BCUT2D eigenvalue weighted by Gasteiger charge is -2.26. The van der Waals surface area contributed by atoms with E-state index in [-0.39, 0.29) is 11.3 Å². The van der Waals surface area contributed by atoms with Crippen molar-refractivity contribution in [2.24, 2.45) is 0 Å². The molecule has 3 aromatic rings. The van der Waals surface area contributed by atoms with Gasteiger partial charge in [-0.1, -0.05) is 47.0 Å². The molecule has 0 aromatic heterocycles. The third-order valence-electron chi connectivity index (χ3n) is 5.74. The molecule has 190 valence electrons. The van der Waals surface area contributed by atoms with Crippen molar-refractivity contribution in [3.05, 3.63) is 91.4 Å². The first-order valence-corrected chi connectivity index (χ1v) is 12.5. The van der Waals surface area contributed by atoms with E-state index in [1.807, 2.05) is 26.0 Å². The molecule has 0 atom stereocenters. The van der Waals surface area contributed by atoms with Gasteiger partial charge in [-0.05, 0) is 83.7 Å². The molecule has 1 heterocycles. The van der Waals surface area contributed by atoms with Gasteiger partial charge in [-0.15, -0.1) is 0 Å². The average Bonchev–Trinajstić information content (AvgIpc) is 2.82. The fraction of sp³-hybridized carbons (Fsp3) is 0.179. The van der Waals surface area contributed by atoms with Crippen molar-refractivity contribution in [2.75, 3.05) is 12.0 Å². The number of rotatable bonds is 6. The normalized spacial score (nSPS) is 14.7. The molecule has 1 fully saturated rings. The van der Waals surface area contributed by atoms with E-state index in [2.05, 4.69) is 27.3 Å². The number of hydrogen-bond acceptors (Lipinski definition) is 5. The molecule has 0 spiro atoms. The van der Waals surface area contributed by atoms with Gasteiger partial charge in [-0.2, -0.15) is 0 Å². The number of imide groups is 2. The van der Waals surface area contributed by atoms with E-state index in [0.717, 1.165) is 27.2 Å². The third kappa shape index (κ3) is 5.70. The summed E-state index contributed by atoms with van der Waals surface area (Å²) in [5.74, 6) is -0.671. The van der Waals surface area contributed by atoms with E-state index in [9.17, 15) is 14.4 Å². The Labute approximate surface area is 228 Å². The Kier molecular flexibility index (Phi) is 7.71. The Morgan fingerprint density at radius 1 is 1.00 bits per heavy atom. The average molecular weight is 584 g/mol. The molecule has 0 bridgehead atoms. The van der Waals surface area contributed by atoms with Gasteiger partial charge in [0.15, 0.2) is 11.5 Å². The molecule has 1 saturated heterocycles. The minimum Gasteiger partial charge on any atom is -0.493 e. The number of anilines is 1. The highest BCUT2D eigenvalue weighted by molar-refractivity contribution is 9.10. The van der Waals surface area contributed by atoms with Gasteiger partial charge >= 0.3 is 6.03 Å². The molecular formula is C28H24BrClN2O5. The van der Waals surface area contributed by atoms with Crippen molar-refractivity contribution in [1.29, 1.82) is 0 Å². The number of urea groups is 1. The van der Waals surface area contributed by atoms with E-state index in [1.54, 1.807) is 31.2 Å². The van der Waals surface area contributed by atoms with E-state index in [4.69, 9.17) is 21.1 Å². The van der Waals surface area contributed by atoms with Crippen LogP contribution in [0.4, 0.5) is 10.5 Å². The lowest BCUT2D eigenvalue weighted by molar-refractivity contribution is -0.122. The van der Waals surface area contributed by atoms with E-state index >= 15 is 0 Å². The number of halogens is 2. The summed E-state index contributed by atoms with van der Waals surface area (Å²) in [5.41, 5.74) is 4.63. The number of barbiturate groups is 1. The number of benzene rings is 3. The minimum atomic E-state index is -0.846. The maximum Gasteiger partial charge on any atom is 0.335 e. The van der Waals surface area contributed by atoms with Gasteiger partial charge < -0.3 is 9.47 Å². The van der Waals surface area contributed by atoms with E-state index in [0.29, 0.717) is 33.2 Å². The maximum absolute atomic E-state index is 13.2. The predicted octanol–water partition coefficient (Wildman–Crippen LogP) is 6.28. The molecule has 1 aliphatic heterocycles. The van der Waals surface area contributed by atoms with E-state index in [1.165, 1.54) is 19.3 Å². The molecule has 4 amide bonds. The lowest BCUT2D eigenvalue weighted by atomic mass is 10.1. The lowest BCUT2D eigenvalue weighted by Crippen LogP contribution is -2.54. The van der Waals surface area contributed by atoms with Crippen LogP contribution in [0, 0.1) is 20.8 Å². The second-order valence-electron chi connectivity index (χ2n) is 8.71. The van der Waals surface area contributed by atoms with E-state index < -0.39 is 17.8 Å². The van der Waals surface area contributed by atoms with Gasteiger partial charge in [-0.3, -0.25) is 14.9 Å². The summed E-state index contributed by atoms with van der Waals surface area (Å²) < 4.78 is 12.2. The zero-order chi connectivity index (χ0) is 26.9. The van der Waals surface area contributed by atoms with Crippen LogP contribution in [0.3, 0.4) is 0 Å². The topological polar surface area (TPSA) is 84.9 Å². The molecule has 1 N–H and O–H groups in total. The number of ether oxygens (including phenoxy) is 2. The van der Waals surface area contributed by atoms with Gasteiger partial charge in [0, 0.05) is 5.02 Å². The summed E-state index contributed by atoms with van der Waals surface area (Å²) >= 11 is 9.70. The zero-order valence-electron chi connectivity index (χ0n) is 20.6. The molecule has 4 rings (SSSR count). The highest BCUT2D eigenvalue weighted by Crippen LogP contribution is 2.38. The monoisotopic (exact) mass is 582 g/mol. The molecule has 0 saturated carbocycles. The number of nitrogens with one attached hydrogen (secondary N) is 1. The molecule has 37 heavy (non-hydrogen) atoms. The highest BCUT2D eigenvalue weighted by atomic mass is 79.9. The second kappa shape index (κ2) is 10.8. The standard InChI is InChI=1S/C28H24BrClN2O5/c1-15-7-16(2)9-19(8-15)14-37-25-22(29)11-18(12-24(25)36-4)10-21-26(33)31-28(35)32(27(21)34)20-6-5-17(3)23(30)13-20/h5-13H,14H2,1-4H3,(H,31,33,35)/b21-10+. The van der Waals surface area contributed by atoms with Crippen LogP contribution in [0.2, 0.25) is 5.02 Å². The van der Waals surface area contributed by atoms with Crippen molar-refractivity contribution < 1.29 is 23.9 Å². The summed E-state index contributed by atoms with van der Waals surface area (Å²) in [6, 6.07) is 13.5. The van der Waals surface area contributed by atoms with Crippen LogP contribution in [0.25, 0.3) is 6.08 Å². The van der Waals surface area contributed by atoms with Crippen LogP contribution in [-0.4, -0.2) is 25.0 Å². The summed E-state index contributed by atoms with van der Waals surface area (Å²) in [6.45, 7) is 6.19. The number of nitrogens with zero attached hydrogens (tertiary/aromatic N) is 1. The Morgan fingerprint density at radius 3 is 2.35 bits per heavy atom. The Hall–Kier alpha value is -3.62. The molecule has 3 aromatic carbocycles. The minimum absolute atomic E-state index is 0.214. The van der Waals surface area contributed by atoms with Gasteiger partial charge in [0.05, 0.1) is 17.3 Å². The van der Waals surface area contributed by atoms with Crippen molar-refractivity contribution in [3.63, 3.8) is 0 Å². The first kappa shape index (κ1) is 26.4. The van der Waals surface area contributed by atoms with Crippen LogP contribution in [0.15, 0.2) is 58.6 Å². The SMILES string of the molecule is COc1cc(/C=C2\C(=O)NC(=O)N(c3ccc(C)c(Cl)c3)C2=O)cc(Br)c1OCc1cc(C)cc(C)c1. The van der Waals surface area contributed by atoms with Crippen molar-refractivity contribution in [1.82, 2.24) is 5.32 Å². The third-order valence-corrected chi connectivity index (χ3v) is 6.74. The van der Waals surface area contributed by atoms with Crippen molar-refractivity contribution >= 4 is 57.1 Å². The molecule has 0 aliphatic carbocycles. The number of carbonyl (C=O) groups excluding carboxylic acids is 3. The fourth-order valence-electron chi connectivity index (χ4n) is 4.05. The predicted molar refractivity (Wildman–Crippen MR) is 146 cm³/mol. The maximum atomic E-state index is 13.2. The van der Waals surface area contributed by atoms with Gasteiger partial charge in [0.25, 0.3) is 11.8 Å². The van der Waals surface area contributed by atoms with Crippen LogP contribution in [0.1, 0.15) is 27.8 Å². The Bertz CT molecular complexity index is 1450. The van der Waals surface area contributed by atoms with Crippen molar-refractivity contribution in [2.45, 2.75) is 27.4 Å². The molecule has 9 heteroatoms. The summed E-state index contributed by atoms with van der Waals surface area (Å²) in [4.78, 5) is 39.2. The van der Waals surface area contributed by atoms with Crippen LogP contribution < -0.4 is 19.7 Å². The van der Waals surface area contributed by atoms with Gasteiger partial charge in [-0.25, -0.2) is 9.69 Å². The molecule has 0 radical (unpaired) electrons. The van der Waals surface area contributed by atoms with Crippen LogP contribution in [0.5, 0.6) is 11.5 Å². The number of hydrogen-bond donors (Lipinski definition) is 1. The number of methoxy groups -OCH3 is 1. The summed E-state index contributed by atoms with van der Waals surface area (Å²) in [7, 11) is 1.50. The molecule has 0 unspecified atom stereocenters. The first-order chi connectivity index (χ1) is 17.6. The summed E-state index contributed by atoms with van der Waals surface area (Å²) in [5, 5.41) is 2.61. The van der Waals surface area contributed by atoms with Crippen LogP contribution in [-0.2, 0) is 16.2 Å². The smallest absolute Gasteiger partial charge is 0.335 e. The molecule has 1 aliphatic rings. The fourth-order valence-corrected chi connectivity index (χ4v) is 4.80. The highest BCUT2D eigenvalue weighted by Gasteiger charge is 2.37.